The largest absolute Gasteiger partial charge is 0.467 e. The predicted molar refractivity (Wildman–Crippen MR) is 156 cm³/mol. The molecule has 0 spiro atoms. The van der Waals surface area contributed by atoms with E-state index in [1.807, 2.05) is 38.1 Å². The standard InChI is InChI=1S/C31H36FN5O3/c1-29(2,38)28-25(16-15-24(36-28)19-10-12-20(32)13-11-19)35-18-31(5,39)27-23(34)14-17-26(37-27)40-30(3,4)21-8-6-7-9-22(21)33/h6-17,35,38-39H,18,33-34H2,1-5H3. The second-order valence-corrected chi connectivity index (χ2v) is 11.1. The van der Waals surface area contributed by atoms with Gasteiger partial charge in [0.05, 0.1) is 22.8 Å². The molecule has 4 aromatic rings. The molecule has 7 N–H and O–H groups in total. The maximum atomic E-state index is 13.4. The number of nitrogens with one attached hydrogen (secondary N) is 1. The Hall–Kier alpha value is -4.21. The van der Waals surface area contributed by atoms with E-state index in [4.69, 9.17) is 16.2 Å². The highest BCUT2D eigenvalue weighted by Gasteiger charge is 2.31. The van der Waals surface area contributed by atoms with E-state index in [0.717, 1.165) is 5.56 Å². The number of anilines is 3. The first-order valence-electron chi connectivity index (χ1n) is 12.9. The quantitative estimate of drug-likeness (QED) is 0.178. The summed E-state index contributed by atoms with van der Waals surface area (Å²) in [5, 5.41) is 25.5. The van der Waals surface area contributed by atoms with Gasteiger partial charge in [0.25, 0.3) is 0 Å². The molecule has 0 saturated heterocycles. The van der Waals surface area contributed by atoms with Crippen LogP contribution in [-0.4, -0.2) is 26.7 Å². The van der Waals surface area contributed by atoms with Gasteiger partial charge in [-0.1, -0.05) is 18.2 Å². The molecule has 0 amide bonds. The molecule has 9 heteroatoms. The maximum absolute atomic E-state index is 13.4. The smallest absolute Gasteiger partial charge is 0.214 e. The number of pyridine rings is 2. The Morgan fingerprint density at radius 2 is 1.48 bits per heavy atom. The van der Waals surface area contributed by atoms with Crippen molar-refractivity contribution in [1.29, 1.82) is 0 Å². The monoisotopic (exact) mass is 545 g/mol. The fraction of sp³-hybridized carbons (Fsp3) is 0.290. The van der Waals surface area contributed by atoms with Crippen molar-refractivity contribution in [3.8, 4) is 17.1 Å². The molecule has 4 rings (SSSR count). The van der Waals surface area contributed by atoms with E-state index in [9.17, 15) is 14.6 Å². The number of nitrogens with zero attached hydrogens (tertiary/aromatic N) is 2. The summed E-state index contributed by atoms with van der Waals surface area (Å²) >= 11 is 0. The van der Waals surface area contributed by atoms with Crippen LogP contribution in [0.2, 0.25) is 0 Å². The van der Waals surface area contributed by atoms with Crippen molar-refractivity contribution in [3.05, 3.63) is 95.6 Å². The number of nitrogen functional groups attached to an aromatic ring is 2. The third kappa shape index (κ3) is 6.32. The zero-order chi connectivity index (χ0) is 29.3. The number of aliphatic hydroxyl groups is 2. The van der Waals surface area contributed by atoms with E-state index in [1.165, 1.54) is 12.1 Å². The zero-order valence-corrected chi connectivity index (χ0v) is 23.4. The van der Waals surface area contributed by atoms with Crippen LogP contribution in [0.1, 0.15) is 51.6 Å². The maximum Gasteiger partial charge on any atom is 0.214 e. The molecule has 0 bridgehead atoms. The number of ether oxygens (including phenoxy) is 1. The molecule has 0 aliphatic carbocycles. The minimum atomic E-state index is -1.52. The minimum absolute atomic E-state index is 0.00331. The van der Waals surface area contributed by atoms with Crippen LogP contribution in [0.4, 0.5) is 21.5 Å². The Labute approximate surface area is 233 Å². The van der Waals surface area contributed by atoms with Crippen LogP contribution in [0.5, 0.6) is 5.88 Å². The average Bonchev–Trinajstić information content (AvgIpc) is 2.88. The Bertz CT molecular complexity index is 1500. The highest BCUT2D eigenvalue weighted by Crippen LogP contribution is 2.34. The lowest BCUT2D eigenvalue weighted by molar-refractivity contribution is 0.0620. The van der Waals surface area contributed by atoms with Crippen LogP contribution in [-0.2, 0) is 16.8 Å². The van der Waals surface area contributed by atoms with Gasteiger partial charge in [0.1, 0.15) is 28.3 Å². The first kappa shape index (κ1) is 28.8. The number of nitrogens with two attached hydrogens (primary N) is 2. The van der Waals surface area contributed by atoms with E-state index in [1.54, 1.807) is 57.2 Å². The van der Waals surface area contributed by atoms with Gasteiger partial charge in [0.15, 0.2) is 0 Å². The highest BCUT2D eigenvalue weighted by atomic mass is 19.1. The molecule has 1 atom stereocenters. The van der Waals surface area contributed by atoms with Crippen molar-refractivity contribution in [2.45, 2.75) is 51.4 Å². The summed E-state index contributed by atoms with van der Waals surface area (Å²) in [6.45, 7) is 8.60. The van der Waals surface area contributed by atoms with Gasteiger partial charge in [-0.05, 0) is 83.1 Å². The third-order valence-corrected chi connectivity index (χ3v) is 6.62. The summed E-state index contributed by atoms with van der Waals surface area (Å²) < 4.78 is 19.6. The lowest BCUT2D eigenvalue weighted by atomic mass is 9.96. The van der Waals surface area contributed by atoms with Gasteiger partial charge in [-0.3, -0.25) is 0 Å². The Morgan fingerprint density at radius 1 is 0.800 bits per heavy atom. The van der Waals surface area contributed by atoms with Crippen molar-refractivity contribution in [2.75, 3.05) is 23.3 Å². The van der Waals surface area contributed by atoms with Gasteiger partial charge < -0.3 is 31.7 Å². The van der Waals surface area contributed by atoms with Gasteiger partial charge in [0.2, 0.25) is 5.88 Å². The molecule has 2 heterocycles. The molecule has 2 aromatic carbocycles. The highest BCUT2D eigenvalue weighted by molar-refractivity contribution is 5.64. The SMILES string of the molecule is CC(C)(O)c1nc(-c2ccc(F)cc2)ccc1NCC(C)(O)c1nc(OC(C)(C)c2ccccc2N)ccc1N. The molecular formula is C31H36FN5O3. The molecule has 2 aromatic heterocycles. The Kier molecular flexibility index (Phi) is 7.74. The number of aromatic nitrogens is 2. The predicted octanol–water partition coefficient (Wildman–Crippen LogP) is 5.31. The van der Waals surface area contributed by atoms with E-state index in [-0.39, 0.29) is 23.9 Å². The van der Waals surface area contributed by atoms with Crippen LogP contribution >= 0.6 is 0 Å². The van der Waals surface area contributed by atoms with Gasteiger partial charge in [-0.2, -0.15) is 0 Å². The van der Waals surface area contributed by atoms with Crippen LogP contribution < -0.4 is 21.5 Å². The molecule has 0 saturated carbocycles. The third-order valence-electron chi connectivity index (χ3n) is 6.62. The van der Waals surface area contributed by atoms with Gasteiger partial charge in [-0.25, -0.2) is 14.4 Å². The molecule has 8 nitrogen and oxygen atoms in total. The van der Waals surface area contributed by atoms with Gasteiger partial charge >= 0.3 is 0 Å². The van der Waals surface area contributed by atoms with Crippen LogP contribution in [0.3, 0.4) is 0 Å². The zero-order valence-electron chi connectivity index (χ0n) is 23.4. The number of hydrogen-bond donors (Lipinski definition) is 5. The Balaban J connectivity index is 1.59. The summed E-state index contributed by atoms with van der Waals surface area (Å²) in [6.07, 6.45) is 0. The van der Waals surface area contributed by atoms with Crippen molar-refractivity contribution in [1.82, 2.24) is 9.97 Å². The fourth-order valence-corrected chi connectivity index (χ4v) is 4.50. The average molecular weight is 546 g/mol. The number of rotatable bonds is 9. The fourth-order valence-electron chi connectivity index (χ4n) is 4.50. The number of benzene rings is 2. The normalized spacial score (nSPS) is 13.5. The second-order valence-electron chi connectivity index (χ2n) is 11.1. The molecule has 0 aliphatic rings. The molecule has 0 radical (unpaired) electrons. The van der Waals surface area contributed by atoms with E-state index < -0.39 is 16.8 Å². The topological polar surface area (TPSA) is 140 Å². The summed E-state index contributed by atoms with van der Waals surface area (Å²) in [5.74, 6) is -0.0673. The van der Waals surface area contributed by atoms with Crippen molar-refractivity contribution < 1.29 is 19.3 Å². The molecule has 0 aliphatic heterocycles. The lowest BCUT2D eigenvalue weighted by Crippen LogP contribution is -2.34. The molecular weight excluding hydrogens is 509 g/mol. The van der Waals surface area contributed by atoms with Crippen LogP contribution in [0.25, 0.3) is 11.3 Å². The van der Waals surface area contributed by atoms with E-state index >= 15 is 0 Å². The lowest BCUT2D eigenvalue weighted by Gasteiger charge is -2.30. The van der Waals surface area contributed by atoms with Crippen molar-refractivity contribution >= 4 is 17.1 Å². The summed E-state index contributed by atoms with van der Waals surface area (Å²) in [4.78, 5) is 9.19. The molecule has 40 heavy (non-hydrogen) atoms. The number of hydrogen-bond acceptors (Lipinski definition) is 8. The number of halogens is 1. The molecule has 1 unspecified atom stereocenters. The van der Waals surface area contributed by atoms with E-state index in [0.29, 0.717) is 34.0 Å². The molecule has 210 valence electrons. The van der Waals surface area contributed by atoms with Crippen LogP contribution in [0.15, 0.2) is 72.8 Å². The van der Waals surface area contributed by atoms with E-state index in [2.05, 4.69) is 15.3 Å². The summed E-state index contributed by atoms with van der Waals surface area (Å²) in [7, 11) is 0. The van der Waals surface area contributed by atoms with Gasteiger partial charge in [0, 0.05) is 29.4 Å². The number of para-hydroxylation sites is 1. The summed E-state index contributed by atoms with van der Waals surface area (Å²) in [5.41, 5.74) is 12.9. The second kappa shape index (κ2) is 10.7. The Morgan fingerprint density at radius 3 is 2.12 bits per heavy atom. The first-order valence-corrected chi connectivity index (χ1v) is 12.9. The van der Waals surface area contributed by atoms with Gasteiger partial charge in [-0.15, -0.1) is 0 Å². The van der Waals surface area contributed by atoms with Crippen molar-refractivity contribution in [3.63, 3.8) is 0 Å². The van der Waals surface area contributed by atoms with Crippen LogP contribution in [0, 0.1) is 5.82 Å². The van der Waals surface area contributed by atoms with Crippen molar-refractivity contribution in [2.24, 2.45) is 0 Å². The molecule has 0 fully saturated rings. The first-order chi connectivity index (χ1) is 18.7. The minimum Gasteiger partial charge on any atom is -0.467 e. The summed E-state index contributed by atoms with van der Waals surface area (Å²) in [6, 6.07) is 20.2.